The van der Waals surface area contributed by atoms with E-state index < -0.39 is 11.6 Å². The molecule has 0 N–H and O–H groups in total. The lowest BCUT2D eigenvalue weighted by Crippen LogP contribution is -1.98. The molecule has 4 heteroatoms. The Kier molecular flexibility index (Phi) is 4.88. The second-order valence-electron chi connectivity index (χ2n) is 6.68. The summed E-state index contributed by atoms with van der Waals surface area (Å²) >= 11 is 0. The van der Waals surface area contributed by atoms with Gasteiger partial charge in [0.25, 0.3) is 0 Å². The van der Waals surface area contributed by atoms with Gasteiger partial charge in [-0.15, -0.1) is 0 Å². The van der Waals surface area contributed by atoms with Crippen molar-refractivity contribution < 1.29 is 8.78 Å². The van der Waals surface area contributed by atoms with E-state index in [0.29, 0.717) is 17.3 Å². The van der Waals surface area contributed by atoms with Gasteiger partial charge in [-0.05, 0) is 60.7 Å². The maximum atomic E-state index is 14.4. The van der Waals surface area contributed by atoms with E-state index in [0.717, 1.165) is 23.6 Å². The minimum absolute atomic E-state index is 0.274. The van der Waals surface area contributed by atoms with Gasteiger partial charge in [0, 0.05) is 29.6 Å². The smallest absolute Gasteiger partial charge is 0.135 e. The topological polar surface area (TPSA) is 25.8 Å². The van der Waals surface area contributed by atoms with Crippen LogP contribution in [0.1, 0.15) is 25.0 Å². The summed E-state index contributed by atoms with van der Waals surface area (Å²) in [5.74, 6) is -0.763. The number of aromatic nitrogens is 2. The van der Waals surface area contributed by atoms with Crippen LogP contribution < -0.4 is 0 Å². The van der Waals surface area contributed by atoms with Crippen LogP contribution in [0.3, 0.4) is 0 Å². The SMILES string of the molecule is Cc1ccnc(-c2cc(-c3cc(CC(C)C)ccn3)c(F)cc2F)c1. The normalized spacial score (nSPS) is 11.1. The number of pyridine rings is 2. The van der Waals surface area contributed by atoms with E-state index in [1.54, 1.807) is 18.5 Å². The maximum absolute atomic E-state index is 14.4. The van der Waals surface area contributed by atoms with E-state index in [9.17, 15) is 8.78 Å². The molecule has 0 spiro atoms. The minimum Gasteiger partial charge on any atom is -0.256 e. The summed E-state index contributed by atoms with van der Waals surface area (Å²) in [5, 5.41) is 0. The largest absolute Gasteiger partial charge is 0.256 e. The Morgan fingerprint density at radius 1 is 0.840 bits per heavy atom. The first-order valence-corrected chi connectivity index (χ1v) is 8.31. The van der Waals surface area contributed by atoms with E-state index in [-0.39, 0.29) is 11.1 Å². The van der Waals surface area contributed by atoms with Crippen LogP contribution in [0.15, 0.2) is 48.8 Å². The molecule has 3 aromatic rings. The van der Waals surface area contributed by atoms with E-state index >= 15 is 0 Å². The lowest BCUT2D eigenvalue weighted by Gasteiger charge is -2.10. The molecule has 0 unspecified atom stereocenters. The average Bonchev–Trinajstić information content (AvgIpc) is 2.54. The highest BCUT2D eigenvalue weighted by molar-refractivity contribution is 5.71. The van der Waals surface area contributed by atoms with Crippen molar-refractivity contribution in [3.63, 3.8) is 0 Å². The Bertz CT molecular complexity index is 904. The van der Waals surface area contributed by atoms with Gasteiger partial charge in [0.1, 0.15) is 11.6 Å². The molecule has 2 nitrogen and oxygen atoms in total. The van der Waals surface area contributed by atoms with Crippen LogP contribution in [0, 0.1) is 24.5 Å². The van der Waals surface area contributed by atoms with E-state index in [2.05, 4.69) is 23.8 Å². The van der Waals surface area contributed by atoms with Crippen LogP contribution in [-0.2, 0) is 6.42 Å². The molecule has 2 heterocycles. The van der Waals surface area contributed by atoms with Crippen LogP contribution >= 0.6 is 0 Å². The molecule has 0 aliphatic rings. The van der Waals surface area contributed by atoms with Crippen molar-refractivity contribution in [2.75, 3.05) is 0 Å². The number of nitrogens with zero attached hydrogens (tertiary/aromatic N) is 2. The Labute approximate surface area is 146 Å². The fraction of sp³-hybridized carbons (Fsp3) is 0.238. The van der Waals surface area contributed by atoms with Crippen molar-refractivity contribution >= 4 is 0 Å². The predicted molar refractivity (Wildman–Crippen MR) is 96.1 cm³/mol. The first-order valence-electron chi connectivity index (χ1n) is 8.31. The van der Waals surface area contributed by atoms with Crippen LogP contribution in [0.5, 0.6) is 0 Å². The van der Waals surface area contributed by atoms with E-state index in [1.165, 1.54) is 6.07 Å². The fourth-order valence-electron chi connectivity index (χ4n) is 2.84. The molecule has 0 amide bonds. The van der Waals surface area contributed by atoms with Crippen LogP contribution in [0.2, 0.25) is 0 Å². The van der Waals surface area contributed by atoms with E-state index in [1.807, 2.05) is 25.1 Å². The van der Waals surface area contributed by atoms with Gasteiger partial charge >= 0.3 is 0 Å². The first kappa shape index (κ1) is 17.2. The van der Waals surface area contributed by atoms with Crippen molar-refractivity contribution in [3.8, 4) is 22.5 Å². The standard InChI is InChI=1S/C21H20F2N2/c1-13(2)8-15-5-7-25-21(10-15)17-11-16(18(22)12-19(17)23)20-9-14(3)4-6-24-20/h4-7,9-13H,8H2,1-3H3. The summed E-state index contributed by atoms with van der Waals surface area (Å²) in [6, 6.07) is 9.81. The lowest BCUT2D eigenvalue weighted by atomic mass is 9.99. The van der Waals surface area contributed by atoms with Gasteiger partial charge in [0.2, 0.25) is 0 Å². The number of aryl methyl sites for hydroxylation is 1. The molecule has 3 rings (SSSR count). The molecule has 0 saturated heterocycles. The Morgan fingerprint density at radius 2 is 1.44 bits per heavy atom. The second kappa shape index (κ2) is 7.09. The molecule has 1 aromatic carbocycles. The number of hydrogen-bond acceptors (Lipinski definition) is 2. The molecule has 0 atom stereocenters. The summed E-state index contributed by atoms with van der Waals surface area (Å²) in [6.07, 6.45) is 4.17. The maximum Gasteiger partial charge on any atom is 0.135 e. The quantitative estimate of drug-likeness (QED) is 0.619. The highest BCUT2D eigenvalue weighted by Crippen LogP contribution is 2.30. The zero-order valence-electron chi connectivity index (χ0n) is 14.6. The summed E-state index contributed by atoms with van der Waals surface area (Å²) in [7, 11) is 0. The molecule has 0 fully saturated rings. The van der Waals surface area contributed by atoms with Gasteiger partial charge in [-0.3, -0.25) is 9.97 Å². The third kappa shape index (κ3) is 3.90. The monoisotopic (exact) mass is 338 g/mol. The van der Waals surface area contributed by atoms with Gasteiger partial charge in [-0.2, -0.15) is 0 Å². The summed E-state index contributed by atoms with van der Waals surface area (Å²) in [6.45, 7) is 6.16. The summed E-state index contributed by atoms with van der Waals surface area (Å²) in [4.78, 5) is 8.49. The third-order valence-corrected chi connectivity index (χ3v) is 3.99. The number of halogens is 2. The molecule has 128 valence electrons. The highest BCUT2D eigenvalue weighted by atomic mass is 19.1. The van der Waals surface area contributed by atoms with Crippen LogP contribution in [0.4, 0.5) is 8.78 Å². The van der Waals surface area contributed by atoms with Gasteiger partial charge in [-0.1, -0.05) is 13.8 Å². The molecule has 0 bridgehead atoms. The Hall–Kier alpha value is -2.62. The van der Waals surface area contributed by atoms with Crippen molar-refractivity contribution in [2.24, 2.45) is 5.92 Å². The predicted octanol–water partition coefficient (Wildman–Crippen LogP) is 5.60. The minimum atomic E-state index is -0.627. The molecular weight excluding hydrogens is 318 g/mol. The molecule has 25 heavy (non-hydrogen) atoms. The van der Waals surface area contributed by atoms with Crippen molar-refractivity contribution in [1.29, 1.82) is 0 Å². The number of hydrogen-bond donors (Lipinski definition) is 0. The van der Waals surface area contributed by atoms with Crippen LogP contribution in [0.25, 0.3) is 22.5 Å². The molecule has 0 aliphatic heterocycles. The van der Waals surface area contributed by atoms with Gasteiger partial charge in [-0.25, -0.2) is 8.78 Å². The van der Waals surface area contributed by atoms with Gasteiger partial charge in [0.05, 0.1) is 11.4 Å². The fourth-order valence-corrected chi connectivity index (χ4v) is 2.84. The molecular formula is C21H20F2N2. The van der Waals surface area contributed by atoms with Crippen molar-refractivity contribution in [3.05, 3.63) is 71.6 Å². The third-order valence-electron chi connectivity index (χ3n) is 3.99. The first-order chi connectivity index (χ1) is 11.9. The molecule has 0 saturated carbocycles. The zero-order chi connectivity index (χ0) is 18.0. The Balaban J connectivity index is 2.10. The van der Waals surface area contributed by atoms with E-state index in [4.69, 9.17) is 0 Å². The zero-order valence-corrected chi connectivity index (χ0v) is 14.6. The number of rotatable bonds is 4. The summed E-state index contributed by atoms with van der Waals surface area (Å²) < 4.78 is 28.7. The van der Waals surface area contributed by atoms with Gasteiger partial charge < -0.3 is 0 Å². The molecule has 0 aliphatic carbocycles. The molecule has 2 aromatic heterocycles. The average molecular weight is 338 g/mol. The lowest BCUT2D eigenvalue weighted by molar-refractivity contribution is 0.587. The summed E-state index contributed by atoms with van der Waals surface area (Å²) in [5.41, 5.74) is 3.59. The second-order valence-corrected chi connectivity index (χ2v) is 6.68. The van der Waals surface area contributed by atoms with Crippen molar-refractivity contribution in [1.82, 2.24) is 9.97 Å². The number of benzene rings is 1. The van der Waals surface area contributed by atoms with Crippen LogP contribution in [-0.4, -0.2) is 9.97 Å². The molecule has 0 radical (unpaired) electrons. The Morgan fingerprint density at radius 3 is 2.04 bits per heavy atom. The highest BCUT2D eigenvalue weighted by Gasteiger charge is 2.15. The van der Waals surface area contributed by atoms with Gasteiger partial charge in [0.15, 0.2) is 0 Å². The van der Waals surface area contributed by atoms with Crippen molar-refractivity contribution in [2.45, 2.75) is 27.2 Å².